The van der Waals surface area contributed by atoms with Gasteiger partial charge in [0, 0.05) is 5.41 Å². The topological polar surface area (TPSA) is 87.0 Å². The highest BCUT2D eigenvalue weighted by atomic mass is 31.2. The number of aliphatic hydroxyl groups is 1. The number of phosphoric ester groups is 1. The molecular weight excluding hydrogens is 243 g/mol. The lowest BCUT2D eigenvalue weighted by atomic mass is 9.83. The van der Waals surface area contributed by atoms with Crippen LogP contribution in [0.4, 0.5) is 0 Å². The fourth-order valence-electron chi connectivity index (χ4n) is 1.50. The van der Waals surface area contributed by atoms with Gasteiger partial charge in [-0.3, -0.25) is 4.52 Å². The molecule has 1 atom stereocenters. The van der Waals surface area contributed by atoms with Gasteiger partial charge in [0.2, 0.25) is 0 Å². The smallest absolute Gasteiger partial charge is 0.396 e. The second-order valence-corrected chi connectivity index (χ2v) is 5.73. The number of benzene rings is 1. The second kappa shape index (κ2) is 5.29. The Hall–Kier alpha value is -0.710. The molecule has 1 aromatic carbocycles. The summed E-state index contributed by atoms with van der Waals surface area (Å²) in [7, 11) is -4.61. The summed E-state index contributed by atoms with van der Waals surface area (Å²) in [5.41, 5.74) is -0.169. The van der Waals surface area contributed by atoms with Crippen LogP contribution < -0.4 is 0 Å². The van der Waals surface area contributed by atoms with Crippen molar-refractivity contribution in [2.75, 3.05) is 6.61 Å². The van der Waals surface area contributed by atoms with Crippen molar-refractivity contribution in [2.24, 2.45) is 5.41 Å². The number of aliphatic hydroxyl groups excluding tert-OH is 1. The molecule has 5 nitrogen and oxygen atoms in total. The van der Waals surface area contributed by atoms with Crippen LogP contribution in [0.25, 0.3) is 0 Å². The van der Waals surface area contributed by atoms with Gasteiger partial charge in [-0.2, -0.15) is 0 Å². The Bertz CT molecular complexity index is 398. The monoisotopic (exact) mass is 260 g/mol. The zero-order valence-electron chi connectivity index (χ0n) is 9.78. The molecule has 0 aliphatic rings. The van der Waals surface area contributed by atoms with Gasteiger partial charge >= 0.3 is 7.82 Å². The summed E-state index contributed by atoms with van der Waals surface area (Å²) >= 11 is 0. The summed E-state index contributed by atoms with van der Waals surface area (Å²) in [6.07, 6.45) is -0.866. The first-order valence-corrected chi connectivity index (χ1v) is 6.69. The molecule has 0 spiro atoms. The third kappa shape index (κ3) is 4.22. The molecule has 0 fully saturated rings. The number of hydrogen-bond acceptors (Lipinski definition) is 3. The van der Waals surface area contributed by atoms with Crippen molar-refractivity contribution in [1.82, 2.24) is 0 Å². The minimum absolute atomic E-state index is 0.243. The van der Waals surface area contributed by atoms with Crippen molar-refractivity contribution in [1.29, 1.82) is 0 Å². The number of rotatable bonds is 5. The molecule has 0 saturated heterocycles. The van der Waals surface area contributed by atoms with E-state index in [1.165, 1.54) is 0 Å². The third-order valence-corrected chi connectivity index (χ3v) is 2.95. The summed E-state index contributed by atoms with van der Waals surface area (Å²) in [6, 6.07) is 8.71. The molecule has 96 valence electrons. The average Bonchev–Trinajstić information content (AvgIpc) is 2.26. The Balaban J connectivity index is 3.08. The van der Waals surface area contributed by atoms with Crippen LogP contribution in [0.1, 0.15) is 25.5 Å². The van der Waals surface area contributed by atoms with Gasteiger partial charge in [0.25, 0.3) is 0 Å². The maximum atomic E-state index is 11.0. The van der Waals surface area contributed by atoms with E-state index in [4.69, 9.17) is 14.3 Å². The van der Waals surface area contributed by atoms with Gasteiger partial charge in [-0.05, 0) is 5.56 Å². The zero-order valence-corrected chi connectivity index (χ0v) is 10.7. The maximum Gasteiger partial charge on any atom is 0.470 e. The Morgan fingerprint density at radius 1 is 1.29 bits per heavy atom. The van der Waals surface area contributed by atoms with Crippen LogP contribution in [0.15, 0.2) is 30.3 Å². The lowest BCUT2D eigenvalue weighted by Gasteiger charge is -2.32. The molecule has 1 unspecified atom stereocenters. The summed E-state index contributed by atoms with van der Waals surface area (Å²) in [5.74, 6) is 0. The van der Waals surface area contributed by atoms with E-state index in [0.29, 0.717) is 5.56 Å². The first-order valence-electron chi connectivity index (χ1n) is 5.16. The molecule has 0 aliphatic heterocycles. The molecular formula is C11H17O5P. The predicted octanol–water partition coefficient (Wildman–Crippen LogP) is 1.86. The molecule has 0 aliphatic carbocycles. The first kappa shape index (κ1) is 14.4. The zero-order chi connectivity index (χ0) is 13.1. The molecule has 1 aromatic rings. The summed E-state index contributed by atoms with van der Waals surface area (Å²) in [6.45, 7) is 3.12. The van der Waals surface area contributed by atoms with Crippen LogP contribution in [0.2, 0.25) is 0 Å². The van der Waals surface area contributed by atoms with E-state index in [-0.39, 0.29) is 6.61 Å². The Morgan fingerprint density at radius 3 is 2.24 bits per heavy atom. The molecule has 6 heteroatoms. The van der Waals surface area contributed by atoms with Crippen molar-refractivity contribution >= 4 is 7.82 Å². The minimum atomic E-state index is -4.61. The molecule has 3 N–H and O–H groups in total. The summed E-state index contributed by atoms with van der Waals surface area (Å²) in [5, 5.41) is 9.29. The van der Waals surface area contributed by atoms with E-state index in [1.807, 2.05) is 0 Å². The second-order valence-electron chi connectivity index (χ2n) is 4.53. The van der Waals surface area contributed by atoms with E-state index < -0.39 is 19.3 Å². The van der Waals surface area contributed by atoms with Crippen molar-refractivity contribution in [3.63, 3.8) is 0 Å². The molecule has 0 heterocycles. The molecule has 17 heavy (non-hydrogen) atoms. The Kier molecular flexibility index (Phi) is 4.47. The average molecular weight is 260 g/mol. The van der Waals surface area contributed by atoms with Gasteiger partial charge in [-0.25, -0.2) is 4.57 Å². The lowest BCUT2D eigenvalue weighted by Crippen LogP contribution is -2.27. The maximum absolute atomic E-state index is 11.0. The predicted molar refractivity (Wildman–Crippen MR) is 63.2 cm³/mol. The number of hydrogen-bond donors (Lipinski definition) is 3. The molecule has 0 radical (unpaired) electrons. The lowest BCUT2D eigenvalue weighted by molar-refractivity contribution is 0.00511. The summed E-state index contributed by atoms with van der Waals surface area (Å²) < 4.78 is 15.8. The van der Waals surface area contributed by atoms with Gasteiger partial charge < -0.3 is 14.9 Å². The molecule has 0 saturated carbocycles. The highest BCUT2D eigenvalue weighted by Gasteiger charge is 2.36. The SMILES string of the molecule is CC(C)(CO)C(OP(=O)(O)O)c1ccccc1. The standard InChI is InChI=1S/C11H17O5P/c1-11(2,8-12)10(16-17(13,14)15)9-6-4-3-5-7-9/h3-7,10,12H,8H2,1-2H3,(H2,13,14,15). The molecule has 0 bridgehead atoms. The normalized spacial score (nSPS) is 14.6. The summed E-state index contributed by atoms with van der Waals surface area (Å²) in [4.78, 5) is 17.8. The van der Waals surface area contributed by atoms with E-state index in [0.717, 1.165) is 0 Å². The van der Waals surface area contributed by atoms with Crippen molar-refractivity contribution in [3.05, 3.63) is 35.9 Å². The van der Waals surface area contributed by atoms with E-state index in [9.17, 15) is 9.67 Å². The van der Waals surface area contributed by atoms with Crippen molar-refractivity contribution in [3.8, 4) is 0 Å². The van der Waals surface area contributed by atoms with Gasteiger partial charge in [0.15, 0.2) is 0 Å². The van der Waals surface area contributed by atoms with Gasteiger partial charge in [0.05, 0.1) is 6.61 Å². The Labute approximate surface area is 100 Å². The van der Waals surface area contributed by atoms with Gasteiger partial charge in [0.1, 0.15) is 6.10 Å². The van der Waals surface area contributed by atoms with Crippen LogP contribution in [0.5, 0.6) is 0 Å². The largest absolute Gasteiger partial charge is 0.470 e. The Morgan fingerprint density at radius 2 is 1.82 bits per heavy atom. The van der Waals surface area contributed by atoms with E-state index in [2.05, 4.69) is 0 Å². The molecule has 1 rings (SSSR count). The molecule has 0 amide bonds. The van der Waals surface area contributed by atoms with Crippen LogP contribution in [0.3, 0.4) is 0 Å². The van der Waals surface area contributed by atoms with Crippen LogP contribution in [-0.4, -0.2) is 21.5 Å². The fourth-order valence-corrected chi connectivity index (χ4v) is 2.18. The highest BCUT2D eigenvalue weighted by molar-refractivity contribution is 7.46. The fraction of sp³-hybridized carbons (Fsp3) is 0.455. The minimum Gasteiger partial charge on any atom is -0.396 e. The number of phosphoric acid groups is 1. The van der Waals surface area contributed by atoms with E-state index in [1.54, 1.807) is 44.2 Å². The molecule has 0 aromatic heterocycles. The van der Waals surface area contributed by atoms with Crippen LogP contribution >= 0.6 is 7.82 Å². The van der Waals surface area contributed by atoms with Crippen molar-refractivity contribution in [2.45, 2.75) is 20.0 Å². The van der Waals surface area contributed by atoms with Crippen molar-refractivity contribution < 1.29 is 24.0 Å². The highest BCUT2D eigenvalue weighted by Crippen LogP contribution is 2.48. The van der Waals surface area contributed by atoms with Crippen LogP contribution in [-0.2, 0) is 9.09 Å². The third-order valence-electron chi connectivity index (χ3n) is 2.46. The quantitative estimate of drug-likeness (QED) is 0.703. The van der Waals surface area contributed by atoms with Crippen LogP contribution in [0, 0.1) is 5.41 Å². The van der Waals surface area contributed by atoms with Gasteiger partial charge in [-0.15, -0.1) is 0 Å². The van der Waals surface area contributed by atoms with Gasteiger partial charge in [-0.1, -0.05) is 44.2 Å². The first-order chi connectivity index (χ1) is 7.76. The van der Waals surface area contributed by atoms with E-state index >= 15 is 0 Å².